The van der Waals surface area contributed by atoms with Gasteiger partial charge in [0.1, 0.15) is 23.4 Å². The van der Waals surface area contributed by atoms with Gasteiger partial charge in [-0.15, -0.1) is 0 Å². The standard InChI is InChI=1S/C28H38N4O6/c1-5-6-16-32(26(36)22(17-23(29)34)31-27(37)38-28(2,3)4)24(20-12-14-21(33)15-13-20)25(35)30-18-19-10-8-7-9-11-19/h7-15,22,24,33H,5-6,16-18H2,1-4H3,(H2,29,34)(H,30,35)(H,31,37). The summed E-state index contributed by atoms with van der Waals surface area (Å²) in [5.41, 5.74) is 5.89. The van der Waals surface area contributed by atoms with Gasteiger partial charge < -0.3 is 31.1 Å². The van der Waals surface area contributed by atoms with Crippen molar-refractivity contribution in [2.45, 2.75) is 71.2 Å². The SMILES string of the molecule is CCCCN(C(=O)C(CC(N)=O)NC(=O)OC(C)(C)C)C(C(=O)NCc1ccccc1)c1ccc(O)cc1. The van der Waals surface area contributed by atoms with Crippen molar-refractivity contribution < 1.29 is 29.0 Å². The van der Waals surface area contributed by atoms with Crippen LogP contribution in [-0.2, 0) is 25.7 Å². The second-order valence-electron chi connectivity index (χ2n) is 9.95. The van der Waals surface area contributed by atoms with E-state index in [4.69, 9.17) is 10.5 Å². The first kappa shape index (κ1) is 30.1. The van der Waals surface area contributed by atoms with Crippen LogP contribution in [0.4, 0.5) is 4.79 Å². The second kappa shape index (κ2) is 14.0. The van der Waals surface area contributed by atoms with E-state index in [1.807, 2.05) is 37.3 Å². The number of carbonyl (C=O) groups excluding carboxylic acids is 4. The molecule has 2 rings (SSSR count). The van der Waals surface area contributed by atoms with Gasteiger partial charge in [-0.1, -0.05) is 55.8 Å². The lowest BCUT2D eigenvalue weighted by molar-refractivity contribution is -0.143. The minimum Gasteiger partial charge on any atom is -0.508 e. The molecular weight excluding hydrogens is 488 g/mol. The molecule has 206 valence electrons. The quantitative estimate of drug-likeness (QED) is 0.334. The molecule has 0 saturated carbocycles. The van der Waals surface area contributed by atoms with E-state index in [2.05, 4.69) is 10.6 Å². The van der Waals surface area contributed by atoms with Crippen LogP contribution in [0.3, 0.4) is 0 Å². The summed E-state index contributed by atoms with van der Waals surface area (Å²) in [4.78, 5) is 53.1. The van der Waals surface area contributed by atoms with E-state index in [0.717, 1.165) is 12.0 Å². The molecule has 0 saturated heterocycles. The Bertz CT molecular complexity index is 1080. The summed E-state index contributed by atoms with van der Waals surface area (Å²) >= 11 is 0. The van der Waals surface area contributed by atoms with Gasteiger partial charge in [0.15, 0.2) is 0 Å². The molecule has 0 aliphatic rings. The van der Waals surface area contributed by atoms with Crippen LogP contribution in [-0.4, -0.2) is 52.0 Å². The van der Waals surface area contributed by atoms with E-state index in [-0.39, 0.29) is 18.8 Å². The minimum absolute atomic E-state index is 0.00169. The van der Waals surface area contributed by atoms with E-state index < -0.39 is 47.9 Å². The molecule has 10 nitrogen and oxygen atoms in total. The molecule has 2 atom stereocenters. The van der Waals surface area contributed by atoms with Crippen LogP contribution in [0.15, 0.2) is 54.6 Å². The lowest BCUT2D eigenvalue weighted by atomic mass is 10.0. The zero-order chi connectivity index (χ0) is 28.3. The number of alkyl carbamates (subject to hydrolysis) is 1. The summed E-state index contributed by atoms with van der Waals surface area (Å²) in [6, 6.07) is 12.8. The van der Waals surface area contributed by atoms with Crippen LogP contribution < -0.4 is 16.4 Å². The molecule has 2 aromatic carbocycles. The third kappa shape index (κ3) is 9.76. The van der Waals surface area contributed by atoms with Crippen molar-refractivity contribution in [3.8, 4) is 5.75 Å². The average Bonchev–Trinajstić information content (AvgIpc) is 2.84. The number of hydrogen-bond donors (Lipinski definition) is 4. The van der Waals surface area contributed by atoms with Gasteiger partial charge >= 0.3 is 6.09 Å². The van der Waals surface area contributed by atoms with Gasteiger partial charge in [-0.3, -0.25) is 14.4 Å². The number of unbranched alkanes of at least 4 members (excludes halogenated alkanes) is 1. The van der Waals surface area contributed by atoms with Gasteiger partial charge in [-0.25, -0.2) is 4.79 Å². The molecule has 2 aromatic rings. The molecule has 2 unspecified atom stereocenters. The van der Waals surface area contributed by atoms with E-state index in [1.165, 1.54) is 17.0 Å². The Labute approximate surface area is 223 Å². The molecule has 0 radical (unpaired) electrons. The number of phenols is 1. The first-order chi connectivity index (χ1) is 17.9. The summed E-state index contributed by atoms with van der Waals surface area (Å²) in [6.45, 7) is 7.35. The Morgan fingerprint density at radius 2 is 1.66 bits per heavy atom. The van der Waals surface area contributed by atoms with Gasteiger partial charge in [0, 0.05) is 13.1 Å². The number of nitrogens with zero attached hydrogens (tertiary/aromatic N) is 1. The Hall–Kier alpha value is -4.08. The highest BCUT2D eigenvalue weighted by Gasteiger charge is 2.36. The third-order valence-electron chi connectivity index (χ3n) is 5.51. The lowest BCUT2D eigenvalue weighted by Crippen LogP contribution is -2.54. The van der Waals surface area contributed by atoms with Crippen molar-refractivity contribution in [3.63, 3.8) is 0 Å². The first-order valence-electron chi connectivity index (χ1n) is 12.6. The van der Waals surface area contributed by atoms with Crippen molar-refractivity contribution in [3.05, 3.63) is 65.7 Å². The van der Waals surface area contributed by atoms with Crippen molar-refractivity contribution >= 4 is 23.8 Å². The molecule has 0 aromatic heterocycles. The van der Waals surface area contributed by atoms with Crippen LogP contribution in [0.1, 0.15) is 64.1 Å². The van der Waals surface area contributed by atoms with Crippen molar-refractivity contribution in [2.24, 2.45) is 5.73 Å². The second-order valence-corrected chi connectivity index (χ2v) is 9.95. The van der Waals surface area contributed by atoms with Crippen LogP contribution in [0.25, 0.3) is 0 Å². The van der Waals surface area contributed by atoms with Gasteiger partial charge in [0.25, 0.3) is 0 Å². The van der Waals surface area contributed by atoms with Crippen LogP contribution in [0.5, 0.6) is 5.75 Å². The fraction of sp³-hybridized carbons (Fsp3) is 0.429. The van der Waals surface area contributed by atoms with E-state index in [9.17, 15) is 24.3 Å². The zero-order valence-electron chi connectivity index (χ0n) is 22.4. The van der Waals surface area contributed by atoms with Gasteiger partial charge in [-0.05, 0) is 50.5 Å². The molecule has 0 bridgehead atoms. The molecular formula is C28H38N4O6. The zero-order valence-corrected chi connectivity index (χ0v) is 22.4. The molecule has 4 amide bonds. The Kier molecular flexibility index (Phi) is 11.1. The highest BCUT2D eigenvalue weighted by Crippen LogP contribution is 2.25. The predicted octanol–water partition coefficient (Wildman–Crippen LogP) is 3.15. The fourth-order valence-corrected chi connectivity index (χ4v) is 3.76. The lowest BCUT2D eigenvalue weighted by Gasteiger charge is -2.34. The van der Waals surface area contributed by atoms with E-state index >= 15 is 0 Å². The summed E-state index contributed by atoms with van der Waals surface area (Å²) in [5.74, 6) is -1.92. The molecule has 0 fully saturated rings. The molecule has 5 N–H and O–H groups in total. The number of benzene rings is 2. The number of phenolic OH excluding ortho intramolecular Hbond substituents is 1. The number of nitrogens with one attached hydrogen (secondary N) is 2. The summed E-state index contributed by atoms with van der Waals surface area (Å²) in [6.07, 6.45) is -0.0869. The summed E-state index contributed by atoms with van der Waals surface area (Å²) in [7, 11) is 0. The number of aromatic hydroxyl groups is 1. The van der Waals surface area contributed by atoms with E-state index in [1.54, 1.807) is 32.9 Å². The number of ether oxygens (including phenoxy) is 1. The van der Waals surface area contributed by atoms with Gasteiger partial charge in [0.05, 0.1) is 6.42 Å². The maximum absolute atomic E-state index is 13.9. The Morgan fingerprint density at radius 3 is 2.21 bits per heavy atom. The monoisotopic (exact) mass is 526 g/mol. The first-order valence-corrected chi connectivity index (χ1v) is 12.6. The number of primary amides is 1. The minimum atomic E-state index is -1.35. The molecule has 0 aliphatic carbocycles. The normalized spacial score (nSPS) is 12.6. The van der Waals surface area contributed by atoms with Gasteiger partial charge in [0.2, 0.25) is 17.7 Å². The van der Waals surface area contributed by atoms with Crippen LogP contribution in [0.2, 0.25) is 0 Å². The van der Waals surface area contributed by atoms with Gasteiger partial charge in [-0.2, -0.15) is 0 Å². The third-order valence-corrected chi connectivity index (χ3v) is 5.51. The Balaban J connectivity index is 2.44. The molecule has 0 heterocycles. The van der Waals surface area contributed by atoms with Crippen molar-refractivity contribution in [2.75, 3.05) is 6.54 Å². The van der Waals surface area contributed by atoms with Crippen LogP contribution >= 0.6 is 0 Å². The summed E-state index contributed by atoms with van der Waals surface area (Å²) < 4.78 is 5.27. The highest BCUT2D eigenvalue weighted by atomic mass is 16.6. The van der Waals surface area contributed by atoms with E-state index in [0.29, 0.717) is 12.0 Å². The fourth-order valence-electron chi connectivity index (χ4n) is 3.76. The summed E-state index contributed by atoms with van der Waals surface area (Å²) in [5, 5.41) is 15.1. The number of carbonyl (C=O) groups is 4. The molecule has 0 spiro atoms. The number of nitrogens with two attached hydrogens (primary N) is 1. The topological polar surface area (TPSA) is 151 Å². The van der Waals surface area contributed by atoms with Crippen molar-refractivity contribution in [1.29, 1.82) is 0 Å². The van der Waals surface area contributed by atoms with Crippen LogP contribution in [0, 0.1) is 0 Å². The Morgan fingerprint density at radius 1 is 1.03 bits per heavy atom. The average molecular weight is 527 g/mol. The largest absolute Gasteiger partial charge is 0.508 e. The number of rotatable bonds is 12. The molecule has 38 heavy (non-hydrogen) atoms. The maximum atomic E-state index is 13.9. The number of amides is 4. The van der Waals surface area contributed by atoms with Crippen molar-refractivity contribution in [1.82, 2.24) is 15.5 Å². The molecule has 10 heteroatoms. The smallest absolute Gasteiger partial charge is 0.408 e. The highest BCUT2D eigenvalue weighted by molar-refractivity contribution is 5.94. The maximum Gasteiger partial charge on any atom is 0.408 e. The predicted molar refractivity (Wildman–Crippen MR) is 143 cm³/mol. The number of hydrogen-bond acceptors (Lipinski definition) is 6. The molecule has 0 aliphatic heterocycles.